The van der Waals surface area contributed by atoms with Crippen molar-refractivity contribution in [2.24, 2.45) is 0 Å². The molecule has 0 aliphatic carbocycles. The Kier molecular flexibility index (Phi) is 5.87. The molecule has 3 aromatic rings. The number of fused-ring (bicyclic) bond motifs is 1. The van der Waals surface area contributed by atoms with Crippen LogP contribution in [0.5, 0.6) is 5.75 Å². The van der Waals surface area contributed by atoms with Gasteiger partial charge >= 0.3 is 0 Å². The number of anilines is 2. The van der Waals surface area contributed by atoms with Gasteiger partial charge in [-0.3, -0.25) is 14.7 Å². The molecular weight excluding hydrogens is 466 g/mol. The first-order valence-corrected chi connectivity index (χ1v) is 11.1. The highest BCUT2D eigenvalue weighted by Crippen LogP contribution is 2.43. The summed E-state index contributed by atoms with van der Waals surface area (Å²) in [5.41, 5.74) is 1.78. The van der Waals surface area contributed by atoms with Crippen LogP contribution >= 0.6 is 0 Å². The number of para-hydroxylation sites is 1. The number of nitrogens with zero attached hydrogens (tertiary/aromatic N) is 2. The van der Waals surface area contributed by atoms with Crippen molar-refractivity contribution in [3.8, 4) is 17.0 Å². The van der Waals surface area contributed by atoms with Crippen molar-refractivity contribution in [3.63, 3.8) is 0 Å². The Bertz CT molecular complexity index is 1270. The number of rotatable bonds is 7. The van der Waals surface area contributed by atoms with Gasteiger partial charge in [0.2, 0.25) is 0 Å². The van der Waals surface area contributed by atoms with E-state index in [1.807, 2.05) is 0 Å². The summed E-state index contributed by atoms with van der Waals surface area (Å²) in [5, 5.41) is 5.89. The molecule has 0 radical (unpaired) electrons. The van der Waals surface area contributed by atoms with Gasteiger partial charge in [0.1, 0.15) is 0 Å². The highest BCUT2D eigenvalue weighted by Gasteiger charge is 2.44. The fourth-order valence-electron chi connectivity index (χ4n) is 4.67. The van der Waals surface area contributed by atoms with Crippen LogP contribution in [-0.4, -0.2) is 60.0 Å². The van der Waals surface area contributed by atoms with E-state index in [4.69, 9.17) is 4.74 Å². The number of likely N-dealkylation sites (tertiary alicyclic amines) is 1. The number of pyridine rings is 1. The predicted molar refractivity (Wildman–Crippen MR) is 121 cm³/mol. The van der Waals surface area contributed by atoms with Crippen LogP contribution in [0.4, 0.5) is 28.9 Å². The van der Waals surface area contributed by atoms with E-state index in [-0.39, 0.29) is 53.2 Å². The van der Waals surface area contributed by atoms with Crippen LogP contribution in [0.3, 0.4) is 0 Å². The number of aromatic nitrogens is 2. The number of methoxy groups -OCH3 is 1. The van der Waals surface area contributed by atoms with Gasteiger partial charge in [-0.25, -0.2) is 17.6 Å². The Balaban J connectivity index is 1.56. The molecule has 11 heteroatoms. The summed E-state index contributed by atoms with van der Waals surface area (Å²) in [7, 11) is 1.32. The molecule has 2 aliphatic heterocycles. The summed E-state index contributed by atoms with van der Waals surface area (Å²) in [6.45, 7) is 0.151. The predicted octanol–water partition coefficient (Wildman–Crippen LogP) is 4.28. The molecule has 35 heavy (non-hydrogen) atoms. The minimum Gasteiger partial charge on any atom is -0.492 e. The lowest BCUT2D eigenvalue weighted by molar-refractivity contribution is -0.130. The molecule has 7 nitrogen and oxygen atoms in total. The van der Waals surface area contributed by atoms with Crippen molar-refractivity contribution in [2.75, 3.05) is 38.6 Å². The molecule has 1 saturated heterocycles. The van der Waals surface area contributed by atoms with Gasteiger partial charge in [-0.1, -0.05) is 6.07 Å². The minimum atomic E-state index is -2.66. The van der Waals surface area contributed by atoms with Crippen molar-refractivity contribution in [3.05, 3.63) is 59.6 Å². The molecule has 4 heterocycles. The minimum absolute atomic E-state index is 0.0601. The quantitative estimate of drug-likeness (QED) is 0.432. The average molecular weight is 489 g/mol. The molecule has 0 spiro atoms. The Morgan fingerprint density at radius 3 is 2.74 bits per heavy atom. The van der Waals surface area contributed by atoms with E-state index in [2.05, 4.69) is 20.6 Å². The molecule has 184 valence electrons. The second-order valence-corrected chi connectivity index (χ2v) is 8.73. The number of hydrogen-bond acceptors (Lipinski definition) is 5. The number of aromatic amines is 1. The summed E-state index contributed by atoms with van der Waals surface area (Å²) in [6.07, 6.45) is 2.99. The number of halogens is 4. The van der Waals surface area contributed by atoms with Crippen molar-refractivity contribution < 1.29 is 27.1 Å². The van der Waals surface area contributed by atoms with Crippen molar-refractivity contribution >= 4 is 17.3 Å². The van der Waals surface area contributed by atoms with Crippen LogP contribution in [0.1, 0.15) is 28.4 Å². The van der Waals surface area contributed by atoms with Crippen LogP contribution in [0, 0.1) is 11.6 Å². The molecule has 0 bridgehead atoms. The van der Waals surface area contributed by atoms with Gasteiger partial charge in [0.15, 0.2) is 17.4 Å². The molecule has 0 unspecified atom stereocenters. The molecular formula is C24H23F4N5O2. The maximum atomic E-state index is 14.8. The van der Waals surface area contributed by atoms with Crippen molar-refractivity contribution in [1.29, 1.82) is 0 Å². The zero-order valence-electron chi connectivity index (χ0n) is 18.8. The molecule has 1 aromatic carbocycles. The molecule has 1 atom stereocenters. The number of carbonyl (C=O) groups excluding carboxylic acids is 1. The van der Waals surface area contributed by atoms with E-state index in [0.717, 1.165) is 6.20 Å². The largest absolute Gasteiger partial charge is 0.492 e. The first-order valence-electron chi connectivity index (χ1n) is 11.1. The normalized spacial score (nSPS) is 19.0. The highest BCUT2D eigenvalue weighted by atomic mass is 19.3. The van der Waals surface area contributed by atoms with Gasteiger partial charge in [-0.2, -0.15) is 0 Å². The molecule has 2 aliphatic rings. The maximum absolute atomic E-state index is 14.8. The van der Waals surface area contributed by atoms with Crippen molar-refractivity contribution in [2.45, 2.75) is 18.3 Å². The summed E-state index contributed by atoms with van der Waals surface area (Å²) in [6, 6.07) is 5.77. The second kappa shape index (κ2) is 8.88. The van der Waals surface area contributed by atoms with Crippen molar-refractivity contribution in [1.82, 2.24) is 20.2 Å². The molecule has 5 rings (SSSR count). The lowest BCUT2D eigenvalue weighted by Crippen LogP contribution is -2.56. The van der Waals surface area contributed by atoms with Gasteiger partial charge in [0, 0.05) is 29.9 Å². The third-order valence-electron chi connectivity index (χ3n) is 6.35. The number of ether oxygens (including phenoxy) is 1. The number of amides is 1. The number of hydrogen-bond donors (Lipinski definition) is 3. The smallest absolute Gasteiger partial charge is 0.272 e. The molecule has 2 aromatic heterocycles. The lowest BCUT2D eigenvalue weighted by Gasteiger charge is -2.39. The molecule has 0 saturated carbocycles. The molecule has 3 N–H and O–H groups in total. The standard InChI is InChI=1S/C24H23F4N5O2/c1-35-22-15(25)3-2-4-17(22)31-21-18-19(32-20(21)14-5-7-29-10-16(14)26)13(9-30-23(18)34)6-8-33-11-24(27,28)12-33/h2-5,7,10,13,31-32H,6,8-9,11-12H2,1H3,(H,30,34)/t13-/m0/s1. The third-order valence-corrected chi connectivity index (χ3v) is 6.35. The molecule has 1 fully saturated rings. The van der Waals surface area contributed by atoms with E-state index in [1.54, 1.807) is 11.0 Å². The second-order valence-electron chi connectivity index (χ2n) is 8.73. The molecule has 1 amide bonds. The van der Waals surface area contributed by atoms with Gasteiger partial charge in [-0.15, -0.1) is 0 Å². The fraction of sp³-hybridized carbons (Fsp3) is 0.333. The zero-order chi connectivity index (χ0) is 24.7. The summed E-state index contributed by atoms with van der Waals surface area (Å²) in [5.74, 6) is -4.54. The number of H-pyrrole nitrogens is 1. The average Bonchev–Trinajstić information content (AvgIpc) is 3.17. The van der Waals surface area contributed by atoms with Crippen LogP contribution in [0.2, 0.25) is 0 Å². The number of nitrogens with one attached hydrogen (secondary N) is 3. The lowest BCUT2D eigenvalue weighted by atomic mass is 9.92. The topological polar surface area (TPSA) is 82.3 Å². The van der Waals surface area contributed by atoms with E-state index < -0.39 is 17.6 Å². The Labute approximate surface area is 198 Å². The Morgan fingerprint density at radius 2 is 2.03 bits per heavy atom. The summed E-state index contributed by atoms with van der Waals surface area (Å²) in [4.78, 5) is 21.6. The number of benzene rings is 1. The van der Waals surface area contributed by atoms with E-state index >= 15 is 0 Å². The SMILES string of the molecule is COc1c(F)cccc1Nc1c(-c2ccncc2F)[nH]c2c1C(=O)NC[C@@H]2CCN1CC(F)(F)C1. The van der Waals surface area contributed by atoms with Gasteiger partial charge in [0.25, 0.3) is 11.8 Å². The van der Waals surface area contributed by atoms with Crippen LogP contribution in [0.15, 0.2) is 36.7 Å². The summed E-state index contributed by atoms with van der Waals surface area (Å²) >= 11 is 0. The third kappa shape index (κ3) is 4.31. The first-order chi connectivity index (χ1) is 16.8. The van der Waals surface area contributed by atoms with Crippen LogP contribution in [0.25, 0.3) is 11.3 Å². The van der Waals surface area contributed by atoms with Crippen LogP contribution in [-0.2, 0) is 0 Å². The van der Waals surface area contributed by atoms with Crippen LogP contribution < -0.4 is 15.4 Å². The van der Waals surface area contributed by atoms with E-state index in [9.17, 15) is 22.4 Å². The Hall–Kier alpha value is -3.60. The first kappa shape index (κ1) is 23.2. The number of alkyl halides is 2. The van der Waals surface area contributed by atoms with E-state index in [0.29, 0.717) is 30.9 Å². The summed E-state index contributed by atoms with van der Waals surface area (Å²) < 4.78 is 60.8. The van der Waals surface area contributed by atoms with E-state index in [1.165, 1.54) is 31.5 Å². The Morgan fingerprint density at radius 1 is 1.23 bits per heavy atom. The zero-order valence-corrected chi connectivity index (χ0v) is 18.8. The fourth-order valence-corrected chi connectivity index (χ4v) is 4.67. The number of carbonyl (C=O) groups is 1. The monoisotopic (exact) mass is 489 g/mol. The van der Waals surface area contributed by atoms with Gasteiger partial charge < -0.3 is 20.4 Å². The maximum Gasteiger partial charge on any atom is 0.272 e. The van der Waals surface area contributed by atoms with Gasteiger partial charge in [-0.05, 0) is 31.2 Å². The highest BCUT2D eigenvalue weighted by molar-refractivity contribution is 6.06. The van der Waals surface area contributed by atoms with Gasteiger partial charge in [0.05, 0.1) is 49.0 Å².